The van der Waals surface area contributed by atoms with Crippen molar-refractivity contribution in [2.24, 2.45) is 0 Å². The Morgan fingerprint density at radius 1 is 1.05 bits per heavy atom. The second-order valence-corrected chi connectivity index (χ2v) is 9.06. The van der Waals surface area contributed by atoms with E-state index < -0.39 is 6.10 Å². The molecule has 198 valence electrons. The van der Waals surface area contributed by atoms with E-state index in [0.29, 0.717) is 54.2 Å². The highest BCUT2D eigenvalue weighted by Crippen LogP contribution is 2.23. The number of carbonyl (C=O) groups excluding carboxylic acids is 1. The fourth-order valence-corrected chi connectivity index (χ4v) is 4.40. The lowest BCUT2D eigenvalue weighted by Gasteiger charge is -2.21. The first kappa shape index (κ1) is 26.9. The number of ether oxygens (including phenoxy) is 2. The molecule has 1 amide bonds. The summed E-state index contributed by atoms with van der Waals surface area (Å²) in [6, 6.07) is 21.4. The van der Waals surface area contributed by atoms with Gasteiger partial charge in [0.15, 0.2) is 0 Å². The number of aromatic hydroxyl groups is 1. The van der Waals surface area contributed by atoms with Gasteiger partial charge in [-0.3, -0.25) is 14.2 Å². The normalized spacial score (nSPS) is 12.7. The molecule has 0 bridgehead atoms. The summed E-state index contributed by atoms with van der Waals surface area (Å²) >= 11 is 0. The summed E-state index contributed by atoms with van der Waals surface area (Å²) in [6.45, 7) is 6.58. The van der Waals surface area contributed by atoms with Crippen LogP contribution in [-0.4, -0.2) is 39.9 Å². The van der Waals surface area contributed by atoms with Gasteiger partial charge in [-0.15, -0.1) is 0 Å². The molecule has 1 heterocycles. The van der Waals surface area contributed by atoms with Crippen molar-refractivity contribution in [1.29, 1.82) is 0 Å². The zero-order valence-electron chi connectivity index (χ0n) is 21.9. The van der Waals surface area contributed by atoms with Crippen molar-refractivity contribution in [1.82, 2.24) is 14.9 Å². The van der Waals surface area contributed by atoms with Gasteiger partial charge in [0.1, 0.15) is 30.0 Å². The molecule has 4 aromatic rings. The van der Waals surface area contributed by atoms with Crippen molar-refractivity contribution in [3.63, 3.8) is 0 Å². The standard InChI is InChI=1S/C30H33N3O5/c1-4-37-28(29(35)31-20(2)24-9-6-8-12-27(24)34)19-22-13-15-23(16-14-22)38-18-17-33-21(3)32-26-11-7-5-10-25(26)30(33)36/h5-16,20,28,34H,4,17-19H2,1-3H3,(H,31,35). The minimum absolute atomic E-state index is 0.0796. The van der Waals surface area contributed by atoms with E-state index in [1.54, 1.807) is 28.8 Å². The summed E-state index contributed by atoms with van der Waals surface area (Å²) in [5.74, 6) is 1.21. The predicted octanol–water partition coefficient (Wildman–Crippen LogP) is 4.31. The number of nitrogens with one attached hydrogen (secondary N) is 1. The summed E-state index contributed by atoms with van der Waals surface area (Å²) in [7, 11) is 0. The summed E-state index contributed by atoms with van der Waals surface area (Å²) in [4.78, 5) is 30.3. The Bertz CT molecular complexity index is 1450. The van der Waals surface area contributed by atoms with Crippen LogP contribution in [0.5, 0.6) is 11.5 Å². The number of phenols is 1. The lowest BCUT2D eigenvalue weighted by Crippen LogP contribution is -2.39. The molecule has 0 radical (unpaired) electrons. The van der Waals surface area contributed by atoms with Crippen molar-refractivity contribution in [2.75, 3.05) is 13.2 Å². The van der Waals surface area contributed by atoms with Crippen LogP contribution >= 0.6 is 0 Å². The monoisotopic (exact) mass is 515 g/mol. The highest BCUT2D eigenvalue weighted by atomic mass is 16.5. The Balaban J connectivity index is 1.34. The molecule has 38 heavy (non-hydrogen) atoms. The number of para-hydroxylation sites is 2. The number of phenolic OH excluding ortho intramolecular Hbond substituents is 1. The molecule has 0 saturated carbocycles. The third kappa shape index (κ3) is 6.39. The summed E-state index contributed by atoms with van der Waals surface area (Å²) < 4.78 is 13.2. The number of benzene rings is 3. The molecule has 2 N–H and O–H groups in total. The van der Waals surface area contributed by atoms with Gasteiger partial charge in [0.2, 0.25) is 5.91 Å². The average molecular weight is 516 g/mol. The Kier molecular flexibility index (Phi) is 8.76. The maximum absolute atomic E-state index is 12.9. The molecule has 8 nitrogen and oxygen atoms in total. The van der Waals surface area contributed by atoms with Gasteiger partial charge >= 0.3 is 0 Å². The molecule has 0 fully saturated rings. The number of hydrogen-bond acceptors (Lipinski definition) is 6. The quantitative estimate of drug-likeness (QED) is 0.309. The predicted molar refractivity (Wildman–Crippen MR) is 146 cm³/mol. The van der Waals surface area contributed by atoms with E-state index in [4.69, 9.17) is 9.47 Å². The fraction of sp³-hybridized carbons (Fsp3) is 0.300. The highest BCUT2D eigenvalue weighted by molar-refractivity contribution is 5.81. The first-order chi connectivity index (χ1) is 18.4. The zero-order valence-corrected chi connectivity index (χ0v) is 21.9. The first-order valence-corrected chi connectivity index (χ1v) is 12.7. The van der Waals surface area contributed by atoms with Gasteiger partial charge in [0.05, 0.1) is 23.5 Å². The largest absolute Gasteiger partial charge is 0.508 e. The van der Waals surface area contributed by atoms with Crippen LogP contribution in [0.3, 0.4) is 0 Å². The minimum atomic E-state index is -0.671. The number of amides is 1. The summed E-state index contributed by atoms with van der Waals surface area (Å²) in [6.07, 6.45) is -0.277. The number of carbonyl (C=O) groups is 1. The minimum Gasteiger partial charge on any atom is -0.508 e. The van der Waals surface area contributed by atoms with Crippen LogP contribution < -0.4 is 15.6 Å². The fourth-order valence-electron chi connectivity index (χ4n) is 4.40. The molecule has 0 aliphatic rings. The molecule has 1 aromatic heterocycles. The molecule has 2 atom stereocenters. The summed E-state index contributed by atoms with van der Waals surface area (Å²) in [5.41, 5.74) is 2.18. The number of rotatable bonds is 11. The third-order valence-electron chi connectivity index (χ3n) is 6.40. The molecule has 0 aliphatic carbocycles. The summed E-state index contributed by atoms with van der Waals surface area (Å²) in [5, 5.41) is 13.6. The Morgan fingerprint density at radius 2 is 1.76 bits per heavy atom. The van der Waals surface area contributed by atoms with E-state index in [-0.39, 0.29) is 23.3 Å². The molecule has 0 aliphatic heterocycles. The van der Waals surface area contributed by atoms with E-state index in [1.807, 2.05) is 69.3 Å². The molecule has 0 saturated heterocycles. The van der Waals surface area contributed by atoms with Crippen molar-refractivity contribution in [3.8, 4) is 11.5 Å². The SMILES string of the molecule is CCOC(Cc1ccc(OCCn2c(C)nc3ccccc3c2=O)cc1)C(=O)NC(C)c1ccccc1O. The van der Waals surface area contributed by atoms with Gasteiger partial charge < -0.3 is 19.9 Å². The van der Waals surface area contributed by atoms with E-state index in [1.165, 1.54) is 0 Å². The van der Waals surface area contributed by atoms with Gasteiger partial charge in [0.25, 0.3) is 5.56 Å². The van der Waals surface area contributed by atoms with E-state index in [9.17, 15) is 14.7 Å². The maximum Gasteiger partial charge on any atom is 0.261 e. The molecular formula is C30H33N3O5. The average Bonchev–Trinajstić information content (AvgIpc) is 2.91. The highest BCUT2D eigenvalue weighted by Gasteiger charge is 2.22. The molecule has 8 heteroatoms. The van der Waals surface area contributed by atoms with Crippen molar-refractivity contribution in [3.05, 3.63) is 100 Å². The lowest BCUT2D eigenvalue weighted by atomic mass is 10.0. The lowest BCUT2D eigenvalue weighted by molar-refractivity contribution is -0.133. The smallest absolute Gasteiger partial charge is 0.261 e. The van der Waals surface area contributed by atoms with Crippen LogP contribution in [0.15, 0.2) is 77.6 Å². The zero-order chi connectivity index (χ0) is 27.1. The van der Waals surface area contributed by atoms with E-state index >= 15 is 0 Å². The molecular weight excluding hydrogens is 482 g/mol. The molecule has 3 aromatic carbocycles. The second-order valence-electron chi connectivity index (χ2n) is 9.06. The van der Waals surface area contributed by atoms with Crippen LogP contribution in [-0.2, 0) is 22.5 Å². The Hall–Kier alpha value is -4.17. The number of aromatic nitrogens is 2. The van der Waals surface area contributed by atoms with Gasteiger partial charge in [0, 0.05) is 18.6 Å². The van der Waals surface area contributed by atoms with Crippen LogP contribution in [0.2, 0.25) is 0 Å². The van der Waals surface area contributed by atoms with Crippen LogP contribution in [0, 0.1) is 6.92 Å². The van der Waals surface area contributed by atoms with E-state index in [2.05, 4.69) is 10.3 Å². The molecule has 0 spiro atoms. The van der Waals surface area contributed by atoms with Crippen molar-refractivity contribution in [2.45, 2.75) is 45.9 Å². The van der Waals surface area contributed by atoms with Crippen LogP contribution in [0.25, 0.3) is 10.9 Å². The van der Waals surface area contributed by atoms with Gasteiger partial charge in [-0.05, 0) is 56.7 Å². The number of nitrogens with zero attached hydrogens (tertiary/aromatic N) is 2. The number of hydrogen-bond donors (Lipinski definition) is 2. The first-order valence-electron chi connectivity index (χ1n) is 12.7. The van der Waals surface area contributed by atoms with Crippen LogP contribution in [0.4, 0.5) is 0 Å². The van der Waals surface area contributed by atoms with Gasteiger partial charge in [-0.1, -0.05) is 42.5 Å². The third-order valence-corrected chi connectivity index (χ3v) is 6.40. The van der Waals surface area contributed by atoms with Crippen molar-refractivity contribution < 1.29 is 19.4 Å². The molecule has 2 unspecified atom stereocenters. The Morgan fingerprint density at radius 3 is 2.50 bits per heavy atom. The van der Waals surface area contributed by atoms with Crippen LogP contribution in [0.1, 0.15) is 36.8 Å². The Labute approximate surface area is 221 Å². The van der Waals surface area contributed by atoms with E-state index in [0.717, 1.165) is 5.56 Å². The number of aryl methyl sites for hydroxylation is 1. The van der Waals surface area contributed by atoms with Gasteiger partial charge in [-0.25, -0.2) is 4.98 Å². The second kappa shape index (κ2) is 12.4. The number of fused-ring (bicyclic) bond motifs is 1. The molecule has 4 rings (SSSR count). The van der Waals surface area contributed by atoms with Gasteiger partial charge in [-0.2, -0.15) is 0 Å². The topological polar surface area (TPSA) is 103 Å². The van der Waals surface area contributed by atoms with Crippen molar-refractivity contribution >= 4 is 16.8 Å². The maximum atomic E-state index is 12.9.